The zero-order valence-electron chi connectivity index (χ0n) is 9.78. The first-order valence-corrected chi connectivity index (χ1v) is 5.85. The molecule has 0 aliphatic heterocycles. The fourth-order valence-electron chi connectivity index (χ4n) is 1.41. The molecular formula is C14H19NO. The summed E-state index contributed by atoms with van der Waals surface area (Å²) in [4.78, 5) is 11.4. The first-order valence-electron chi connectivity index (χ1n) is 5.85. The Morgan fingerprint density at radius 1 is 1.25 bits per heavy atom. The summed E-state index contributed by atoms with van der Waals surface area (Å²) in [6.45, 7) is 2.17. The lowest BCUT2D eigenvalue weighted by atomic mass is 10.2. The number of hydrogen-bond acceptors (Lipinski definition) is 1. The maximum atomic E-state index is 11.4. The predicted octanol–water partition coefficient (Wildman–Crippen LogP) is 3.76. The maximum absolute atomic E-state index is 11.4. The molecule has 1 aromatic rings. The van der Waals surface area contributed by atoms with Crippen molar-refractivity contribution in [1.29, 1.82) is 0 Å². The molecule has 0 atom stereocenters. The molecule has 0 radical (unpaired) electrons. The normalized spacial score (nSPS) is 10.6. The lowest BCUT2D eigenvalue weighted by molar-refractivity contribution is -0.111. The second-order valence-electron chi connectivity index (χ2n) is 3.75. The van der Waals surface area contributed by atoms with Crippen LogP contribution in [0.15, 0.2) is 42.5 Å². The highest BCUT2D eigenvalue weighted by Gasteiger charge is 1.95. The monoisotopic (exact) mass is 217 g/mol. The summed E-state index contributed by atoms with van der Waals surface area (Å²) in [6.07, 6.45) is 8.13. The number of allylic oxidation sites excluding steroid dienone is 1. The average Bonchev–Trinajstić information content (AvgIpc) is 2.30. The Hall–Kier alpha value is -1.57. The Kier molecular flexibility index (Phi) is 6.00. The van der Waals surface area contributed by atoms with Crippen LogP contribution >= 0.6 is 0 Å². The first kappa shape index (κ1) is 12.5. The summed E-state index contributed by atoms with van der Waals surface area (Å²) in [7, 11) is 0. The third kappa shape index (κ3) is 5.35. The molecule has 0 unspecified atom stereocenters. The van der Waals surface area contributed by atoms with E-state index in [1.165, 1.54) is 12.8 Å². The third-order valence-electron chi connectivity index (χ3n) is 2.28. The van der Waals surface area contributed by atoms with E-state index in [4.69, 9.17) is 0 Å². The van der Waals surface area contributed by atoms with Crippen LogP contribution in [0.1, 0.15) is 32.6 Å². The number of anilines is 1. The van der Waals surface area contributed by atoms with Gasteiger partial charge in [-0.25, -0.2) is 0 Å². The van der Waals surface area contributed by atoms with E-state index in [0.29, 0.717) is 0 Å². The molecule has 2 nitrogen and oxygen atoms in total. The zero-order chi connectivity index (χ0) is 11.6. The van der Waals surface area contributed by atoms with Gasteiger partial charge in [-0.15, -0.1) is 0 Å². The SMILES string of the molecule is CCCCCC=CC(=O)Nc1ccccc1. The van der Waals surface area contributed by atoms with Gasteiger partial charge in [-0.1, -0.05) is 44.0 Å². The van der Waals surface area contributed by atoms with Gasteiger partial charge in [0.05, 0.1) is 0 Å². The minimum atomic E-state index is -0.0531. The first-order chi connectivity index (χ1) is 7.83. The van der Waals surface area contributed by atoms with E-state index in [2.05, 4.69) is 12.2 Å². The van der Waals surface area contributed by atoms with E-state index < -0.39 is 0 Å². The standard InChI is InChI=1S/C14H19NO/c1-2-3-4-5-9-12-14(16)15-13-10-7-6-8-11-13/h6-12H,2-5H2,1H3,(H,15,16). The van der Waals surface area contributed by atoms with Gasteiger partial charge in [-0.05, 0) is 31.1 Å². The van der Waals surface area contributed by atoms with Crippen molar-refractivity contribution in [3.05, 3.63) is 42.5 Å². The number of carbonyl (C=O) groups excluding carboxylic acids is 1. The molecule has 1 aromatic carbocycles. The summed E-state index contributed by atoms with van der Waals surface area (Å²) in [5.41, 5.74) is 0.839. The van der Waals surface area contributed by atoms with Gasteiger partial charge >= 0.3 is 0 Å². The van der Waals surface area contributed by atoms with Crippen LogP contribution in [-0.2, 0) is 4.79 Å². The van der Waals surface area contributed by atoms with E-state index in [1.54, 1.807) is 6.08 Å². The van der Waals surface area contributed by atoms with Crippen molar-refractivity contribution in [2.24, 2.45) is 0 Å². The highest BCUT2D eigenvalue weighted by molar-refractivity contribution is 5.99. The fourth-order valence-corrected chi connectivity index (χ4v) is 1.41. The van der Waals surface area contributed by atoms with Crippen molar-refractivity contribution >= 4 is 11.6 Å². The molecule has 1 amide bonds. The van der Waals surface area contributed by atoms with Crippen LogP contribution in [0.4, 0.5) is 5.69 Å². The third-order valence-corrected chi connectivity index (χ3v) is 2.28. The van der Waals surface area contributed by atoms with Crippen LogP contribution in [0.5, 0.6) is 0 Å². The number of carbonyl (C=O) groups is 1. The van der Waals surface area contributed by atoms with Gasteiger partial charge in [0, 0.05) is 5.69 Å². The highest BCUT2D eigenvalue weighted by atomic mass is 16.1. The van der Waals surface area contributed by atoms with Crippen LogP contribution < -0.4 is 5.32 Å². The summed E-state index contributed by atoms with van der Waals surface area (Å²) < 4.78 is 0. The van der Waals surface area contributed by atoms with Gasteiger partial charge in [-0.3, -0.25) is 4.79 Å². The Labute approximate surface area is 97.4 Å². The van der Waals surface area contributed by atoms with E-state index in [1.807, 2.05) is 36.4 Å². The molecule has 0 saturated heterocycles. The minimum absolute atomic E-state index is 0.0531. The number of rotatable bonds is 6. The lowest BCUT2D eigenvalue weighted by Crippen LogP contribution is -2.07. The molecule has 0 spiro atoms. The van der Waals surface area contributed by atoms with Crippen molar-refractivity contribution in [2.75, 3.05) is 5.32 Å². The molecule has 1 rings (SSSR count). The topological polar surface area (TPSA) is 29.1 Å². The maximum Gasteiger partial charge on any atom is 0.248 e. The summed E-state index contributed by atoms with van der Waals surface area (Å²) in [5, 5.41) is 2.81. The Bertz CT molecular complexity index is 330. The van der Waals surface area contributed by atoms with E-state index in [9.17, 15) is 4.79 Å². The van der Waals surface area contributed by atoms with Crippen LogP contribution in [0.2, 0.25) is 0 Å². The molecule has 0 aliphatic rings. The van der Waals surface area contributed by atoms with E-state index in [-0.39, 0.29) is 5.91 Å². The smallest absolute Gasteiger partial charge is 0.248 e. The van der Waals surface area contributed by atoms with Gasteiger partial charge in [0.1, 0.15) is 0 Å². The van der Waals surface area contributed by atoms with Crippen LogP contribution in [-0.4, -0.2) is 5.91 Å². The molecule has 0 aliphatic carbocycles. The van der Waals surface area contributed by atoms with Crippen LogP contribution in [0.3, 0.4) is 0 Å². The Balaban J connectivity index is 2.25. The highest BCUT2D eigenvalue weighted by Crippen LogP contribution is 2.05. The number of nitrogens with one attached hydrogen (secondary N) is 1. The van der Waals surface area contributed by atoms with Gasteiger partial charge in [-0.2, -0.15) is 0 Å². The summed E-state index contributed by atoms with van der Waals surface area (Å²) in [5.74, 6) is -0.0531. The van der Waals surface area contributed by atoms with E-state index >= 15 is 0 Å². The molecule has 2 heteroatoms. The van der Waals surface area contributed by atoms with Crippen molar-refractivity contribution in [3.63, 3.8) is 0 Å². The Morgan fingerprint density at radius 2 is 2.00 bits per heavy atom. The molecular weight excluding hydrogens is 198 g/mol. The van der Waals surface area contributed by atoms with Crippen molar-refractivity contribution in [3.8, 4) is 0 Å². The molecule has 0 aromatic heterocycles. The van der Waals surface area contributed by atoms with Crippen molar-refractivity contribution in [2.45, 2.75) is 32.6 Å². The molecule has 0 saturated carbocycles. The number of benzene rings is 1. The van der Waals surface area contributed by atoms with Gasteiger partial charge in [0.15, 0.2) is 0 Å². The molecule has 16 heavy (non-hydrogen) atoms. The zero-order valence-corrected chi connectivity index (χ0v) is 9.78. The van der Waals surface area contributed by atoms with E-state index in [0.717, 1.165) is 18.5 Å². The van der Waals surface area contributed by atoms with Crippen LogP contribution in [0.25, 0.3) is 0 Å². The molecule has 1 N–H and O–H groups in total. The molecule has 0 fully saturated rings. The summed E-state index contributed by atoms with van der Waals surface area (Å²) >= 11 is 0. The summed E-state index contributed by atoms with van der Waals surface area (Å²) in [6, 6.07) is 9.49. The number of unbranched alkanes of at least 4 members (excludes halogenated alkanes) is 3. The second kappa shape index (κ2) is 7.69. The van der Waals surface area contributed by atoms with Crippen LogP contribution in [0, 0.1) is 0 Å². The average molecular weight is 217 g/mol. The molecule has 0 bridgehead atoms. The molecule has 0 heterocycles. The second-order valence-corrected chi connectivity index (χ2v) is 3.75. The van der Waals surface area contributed by atoms with Gasteiger partial charge in [0.25, 0.3) is 0 Å². The fraction of sp³-hybridized carbons (Fsp3) is 0.357. The number of hydrogen-bond donors (Lipinski definition) is 1. The lowest BCUT2D eigenvalue weighted by Gasteiger charge is -2.00. The number of amides is 1. The van der Waals surface area contributed by atoms with Crippen molar-refractivity contribution in [1.82, 2.24) is 0 Å². The number of para-hydroxylation sites is 1. The van der Waals surface area contributed by atoms with Crippen molar-refractivity contribution < 1.29 is 4.79 Å². The minimum Gasteiger partial charge on any atom is -0.323 e. The quantitative estimate of drug-likeness (QED) is 0.570. The van der Waals surface area contributed by atoms with Gasteiger partial charge in [0.2, 0.25) is 5.91 Å². The molecule has 86 valence electrons. The largest absolute Gasteiger partial charge is 0.323 e. The Morgan fingerprint density at radius 3 is 2.69 bits per heavy atom. The van der Waals surface area contributed by atoms with Gasteiger partial charge < -0.3 is 5.32 Å². The predicted molar refractivity (Wildman–Crippen MR) is 68.4 cm³/mol.